The Morgan fingerprint density at radius 2 is 1.60 bits per heavy atom. The number of nitrogens with one attached hydrogen (secondary N) is 3. The average molecular weight is 619 g/mol. The van der Waals surface area contributed by atoms with Crippen molar-refractivity contribution >= 4 is 52.4 Å². The highest BCUT2D eigenvalue weighted by Crippen LogP contribution is 2.29. The third kappa shape index (κ3) is 8.10. The van der Waals surface area contributed by atoms with Crippen LogP contribution in [-0.2, 0) is 6.42 Å². The molecule has 42 heavy (non-hydrogen) atoms. The third-order valence-electron chi connectivity index (χ3n) is 6.76. The summed E-state index contributed by atoms with van der Waals surface area (Å²) in [6, 6.07) is 14.7. The van der Waals surface area contributed by atoms with E-state index in [0.717, 1.165) is 17.7 Å². The summed E-state index contributed by atoms with van der Waals surface area (Å²) in [5.41, 5.74) is 1.23. The van der Waals surface area contributed by atoms with E-state index in [1.165, 1.54) is 12.1 Å². The van der Waals surface area contributed by atoms with Gasteiger partial charge in [0.1, 0.15) is 5.50 Å². The second-order valence-corrected chi connectivity index (χ2v) is 10.7. The van der Waals surface area contributed by atoms with Crippen LogP contribution in [0.3, 0.4) is 0 Å². The molecule has 0 radical (unpaired) electrons. The van der Waals surface area contributed by atoms with E-state index in [1.54, 1.807) is 29.2 Å². The predicted molar refractivity (Wildman–Crippen MR) is 160 cm³/mol. The van der Waals surface area contributed by atoms with Crippen LogP contribution in [0.4, 0.5) is 25.0 Å². The summed E-state index contributed by atoms with van der Waals surface area (Å²) in [5.74, 6) is -3.36. The Hall–Kier alpha value is -3.89. The van der Waals surface area contributed by atoms with Gasteiger partial charge in [0, 0.05) is 55.3 Å². The van der Waals surface area contributed by atoms with E-state index in [2.05, 4.69) is 16.0 Å². The largest absolute Gasteiger partial charge is 0.368 e. The highest BCUT2D eigenvalue weighted by Gasteiger charge is 2.23. The van der Waals surface area contributed by atoms with Crippen LogP contribution in [0.5, 0.6) is 0 Å². The van der Waals surface area contributed by atoms with E-state index in [-0.39, 0.29) is 17.2 Å². The molecule has 3 aromatic carbocycles. The number of hydrogen-bond acceptors (Lipinski definition) is 4. The molecule has 3 N–H and O–H groups in total. The van der Waals surface area contributed by atoms with Crippen molar-refractivity contribution in [2.75, 3.05) is 42.9 Å². The molecule has 222 valence electrons. The number of halogens is 4. The van der Waals surface area contributed by atoms with Crippen LogP contribution in [0.2, 0.25) is 5.02 Å². The van der Waals surface area contributed by atoms with Crippen LogP contribution >= 0.6 is 23.2 Å². The Kier molecular flexibility index (Phi) is 10.6. The van der Waals surface area contributed by atoms with Gasteiger partial charge < -0.3 is 25.8 Å². The molecule has 0 bridgehead atoms. The third-order valence-corrected chi connectivity index (χ3v) is 7.27. The number of hydrogen-bond donors (Lipinski definition) is 3. The van der Waals surface area contributed by atoms with E-state index in [0.29, 0.717) is 62.0 Å². The molecule has 1 heterocycles. The monoisotopic (exact) mass is 617 g/mol. The normalized spacial score (nSPS) is 14.1. The molecule has 1 fully saturated rings. The van der Waals surface area contributed by atoms with Crippen molar-refractivity contribution in [2.24, 2.45) is 0 Å². The summed E-state index contributed by atoms with van der Waals surface area (Å²) in [7, 11) is 0. The van der Waals surface area contributed by atoms with E-state index in [1.807, 2.05) is 24.0 Å². The lowest BCUT2D eigenvalue weighted by atomic mass is 10.1. The molecule has 1 unspecified atom stereocenters. The fourth-order valence-corrected chi connectivity index (χ4v) is 5.02. The molecule has 4 rings (SSSR count). The lowest BCUT2D eigenvalue weighted by molar-refractivity contribution is 0.0947. The maximum Gasteiger partial charge on any atom is 0.317 e. The Labute approximate surface area is 253 Å². The molecular weight excluding hydrogens is 587 g/mol. The van der Waals surface area contributed by atoms with Gasteiger partial charge in [0.25, 0.3) is 11.8 Å². The lowest BCUT2D eigenvalue weighted by Crippen LogP contribution is -2.42. The number of anilines is 2. The summed E-state index contributed by atoms with van der Waals surface area (Å²) in [6.45, 7) is 4.44. The van der Waals surface area contributed by atoms with Crippen LogP contribution in [-0.4, -0.2) is 61.0 Å². The highest BCUT2D eigenvalue weighted by atomic mass is 35.5. The predicted octanol–water partition coefficient (Wildman–Crippen LogP) is 5.65. The van der Waals surface area contributed by atoms with Crippen LogP contribution in [0.25, 0.3) is 0 Å². The van der Waals surface area contributed by atoms with Crippen LogP contribution < -0.4 is 20.9 Å². The molecule has 0 aliphatic carbocycles. The van der Waals surface area contributed by atoms with Gasteiger partial charge in [0.05, 0.1) is 11.4 Å². The van der Waals surface area contributed by atoms with Crippen LogP contribution in [0.15, 0.2) is 60.7 Å². The summed E-state index contributed by atoms with van der Waals surface area (Å²) in [4.78, 5) is 42.3. The Bertz CT molecular complexity index is 1440. The zero-order valence-corrected chi connectivity index (χ0v) is 24.4. The van der Waals surface area contributed by atoms with Crippen LogP contribution in [0, 0.1) is 11.6 Å². The lowest BCUT2D eigenvalue weighted by Gasteiger charge is -2.26. The first-order valence-electron chi connectivity index (χ1n) is 13.5. The standard InChI is InChI=1S/C30H31Cl2F2N5O3/c1-2-35-30(42)39-13-3-12-38(14-15-39)26-11-7-21(29(41)37-27(32)16-19-4-8-22(31)9-5-19)18-25(26)36-28(40)20-6-10-23(33)24(34)17-20/h4-11,17-18,27H,2-3,12-16H2,1H3,(H,35,42)(H,36,40)(H,37,41). The number of urea groups is 1. The molecular formula is C30H31Cl2F2N5O3. The van der Waals surface area contributed by atoms with Gasteiger partial charge in [-0.1, -0.05) is 35.3 Å². The van der Waals surface area contributed by atoms with Gasteiger partial charge in [0.15, 0.2) is 11.6 Å². The Morgan fingerprint density at radius 3 is 2.31 bits per heavy atom. The van der Waals surface area contributed by atoms with Crippen molar-refractivity contribution in [3.8, 4) is 0 Å². The molecule has 12 heteroatoms. The van der Waals surface area contributed by atoms with E-state index in [4.69, 9.17) is 23.2 Å². The first-order chi connectivity index (χ1) is 20.1. The molecule has 0 saturated carbocycles. The van der Waals surface area contributed by atoms with Gasteiger partial charge in [-0.15, -0.1) is 0 Å². The van der Waals surface area contributed by atoms with E-state index in [9.17, 15) is 23.2 Å². The number of nitrogens with zero attached hydrogens (tertiary/aromatic N) is 2. The first kappa shape index (κ1) is 31.1. The van der Waals surface area contributed by atoms with E-state index >= 15 is 0 Å². The number of rotatable bonds is 8. The maximum absolute atomic E-state index is 13.8. The highest BCUT2D eigenvalue weighted by molar-refractivity contribution is 6.30. The van der Waals surface area contributed by atoms with Crippen molar-refractivity contribution in [1.29, 1.82) is 0 Å². The summed E-state index contributed by atoms with van der Waals surface area (Å²) >= 11 is 12.4. The molecule has 0 spiro atoms. The van der Waals surface area contributed by atoms with Crippen LogP contribution in [0.1, 0.15) is 39.6 Å². The molecule has 0 aromatic heterocycles. The summed E-state index contributed by atoms with van der Waals surface area (Å²) in [6.07, 6.45) is 1.03. The molecule has 1 aliphatic heterocycles. The van der Waals surface area contributed by atoms with E-state index < -0.39 is 28.9 Å². The second kappa shape index (κ2) is 14.3. The Balaban J connectivity index is 1.56. The van der Waals surface area contributed by atoms with Gasteiger partial charge in [0.2, 0.25) is 0 Å². The smallest absolute Gasteiger partial charge is 0.317 e. The molecule has 4 amide bonds. The minimum Gasteiger partial charge on any atom is -0.368 e. The minimum atomic E-state index is -1.15. The number of alkyl halides is 1. The zero-order chi connectivity index (χ0) is 30.2. The molecule has 3 aromatic rings. The zero-order valence-electron chi connectivity index (χ0n) is 22.9. The fourth-order valence-electron chi connectivity index (χ4n) is 4.61. The van der Waals surface area contributed by atoms with Gasteiger partial charge in [-0.05, 0) is 67.4 Å². The van der Waals surface area contributed by atoms with Crippen molar-refractivity contribution in [3.05, 3.63) is 94.0 Å². The first-order valence-corrected chi connectivity index (χ1v) is 14.3. The maximum atomic E-state index is 13.8. The van der Waals surface area contributed by atoms with Gasteiger partial charge >= 0.3 is 6.03 Å². The van der Waals surface area contributed by atoms with Crippen molar-refractivity contribution in [1.82, 2.24) is 15.5 Å². The molecule has 1 aliphatic rings. The quantitative estimate of drug-likeness (QED) is 0.225. The van der Waals surface area contributed by atoms with Crippen molar-refractivity contribution in [2.45, 2.75) is 25.3 Å². The summed E-state index contributed by atoms with van der Waals surface area (Å²) < 4.78 is 27.3. The average Bonchev–Trinajstić information content (AvgIpc) is 3.22. The van der Waals surface area contributed by atoms with Gasteiger partial charge in [-0.2, -0.15) is 0 Å². The molecule has 1 atom stereocenters. The number of carbonyl (C=O) groups is 3. The number of amides is 4. The van der Waals surface area contributed by atoms with Gasteiger partial charge in [-0.25, -0.2) is 13.6 Å². The fraction of sp³-hybridized carbons (Fsp3) is 0.300. The molecule has 1 saturated heterocycles. The Morgan fingerprint density at radius 1 is 0.881 bits per heavy atom. The van der Waals surface area contributed by atoms with Crippen molar-refractivity contribution < 1.29 is 23.2 Å². The minimum absolute atomic E-state index is 0.0863. The summed E-state index contributed by atoms with van der Waals surface area (Å²) in [5, 5.41) is 8.90. The topological polar surface area (TPSA) is 93.8 Å². The number of benzene rings is 3. The van der Waals surface area contributed by atoms with Gasteiger partial charge in [-0.3, -0.25) is 9.59 Å². The second-order valence-electron chi connectivity index (χ2n) is 9.75. The molecule has 8 nitrogen and oxygen atoms in total. The number of carbonyl (C=O) groups excluding carboxylic acids is 3. The van der Waals surface area contributed by atoms with Crippen molar-refractivity contribution in [3.63, 3.8) is 0 Å². The SMILES string of the molecule is CCNC(=O)N1CCCN(c2ccc(C(=O)NC(Cl)Cc3ccc(Cl)cc3)cc2NC(=O)c2ccc(F)c(F)c2)CC1.